The summed E-state index contributed by atoms with van der Waals surface area (Å²) in [5, 5.41) is 1.35. The van der Waals surface area contributed by atoms with Gasteiger partial charge in [-0.1, -0.05) is 60.7 Å². The Labute approximate surface area is 168 Å². The minimum Gasteiger partial charge on any atom is -0.316 e. The van der Waals surface area contributed by atoms with Crippen LogP contribution in [0, 0.1) is 0 Å². The lowest BCUT2D eigenvalue weighted by atomic mass is 9.91. The summed E-state index contributed by atoms with van der Waals surface area (Å²) in [7, 11) is 0. The Bertz CT molecular complexity index is 1090. The molecule has 0 amide bonds. The highest BCUT2D eigenvalue weighted by Gasteiger charge is 2.23. The summed E-state index contributed by atoms with van der Waals surface area (Å²) >= 11 is 0. The van der Waals surface area contributed by atoms with Gasteiger partial charge in [-0.15, -0.1) is 0 Å². The van der Waals surface area contributed by atoms with E-state index in [0.29, 0.717) is 0 Å². The largest absolute Gasteiger partial charge is 0.316 e. The molecule has 0 saturated carbocycles. The Morgan fingerprint density at radius 2 is 1.93 bits per heavy atom. The monoisotopic (exact) mass is 367 g/mol. The van der Waals surface area contributed by atoms with Crippen molar-refractivity contribution in [3.63, 3.8) is 0 Å². The molecule has 1 heterocycles. The fourth-order valence-electron chi connectivity index (χ4n) is 4.28. The zero-order chi connectivity index (χ0) is 19.7. The highest BCUT2D eigenvalue weighted by molar-refractivity contribution is 5.95. The molecule has 0 fully saturated rings. The molecule has 0 spiro atoms. The molecule has 0 atom stereocenters. The molecule has 1 heteroatoms. The first-order chi connectivity index (χ1) is 13.6. The van der Waals surface area contributed by atoms with Crippen molar-refractivity contribution < 1.29 is 0 Å². The summed E-state index contributed by atoms with van der Waals surface area (Å²) in [5.41, 5.74) is 10.8. The Morgan fingerprint density at radius 3 is 2.71 bits per heavy atom. The van der Waals surface area contributed by atoms with Crippen LogP contribution >= 0.6 is 0 Å². The molecule has 1 nitrogen and oxygen atoms in total. The normalized spacial score (nSPS) is 17.4. The van der Waals surface area contributed by atoms with Gasteiger partial charge in [0.25, 0.3) is 0 Å². The molecule has 2 aliphatic carbocycles. The smallest absolute Gasteiger partial charge is 0.0534 e. The van der Waals surface area contributed by atoms with Crippen LogP contribution in [0.4, 0.5) is 0 Å². The van der Waals surface area contributed by atoms with E-state index in [0.717, 1.165) is 31.3 Å². The standard InChI is InChI=1S/C27H29N/c1-5-19(2)14-15-20(3)22-16-17-27-24(18-22)23-11-7-9-13-26(23)28(27)25-12-8-6-10-21(25)4/h5-7,9-11,13-15,18H,3,8,12,16-17H2,1-2,4H3/b15-14-,19-5-. The van der Waals surface area contributed by atoms with Crippen LogP contribution in [0.3, 0.4) is 0 Å². The van der Waals surface area contributed by atoms with Crippen molar-refractivity contribution in [2.45, 2.75) is 46.5 Å². The maximum absolute atomic E-state index is 4.34. The Kier molecular flexibility index (Phi) is 5.09. The van der Waals surface area contributed by atoms with Crippen molar-refractivity contribution in [3.05, 3.63) is 94.8 Å². The van der Waals surface area contributed by atoms with Gasteiger partial charge in [0.15, 0.2) is 0 Å². The minimum absolute atomic E-state index is 1.05. The van der Waals surface area contributed by atoms with Gasteiger partial charge in [0, 0.05) is 22.3 Å². The molecule has 0 unspecified atom stereocenters. The molecule has 2 aromatic rings. The fraction of sp³-hybridized carbons (Fsp3) is 0.259. The molecule has 1 aromatic heterocycles. The average molecular weight is 368 g/mol. The number of benzene rings is 1. The molecule has 4 rings (SSSR count). The molecule has 0 saturated heterocycles. The van der Waals surface area contributed by atoms with E-state index < -0.39 is 0 Å². The molecule has 28 heavy (non-hydrogen) atoms. The first-order valence-corrected chi connectivity index (χ1v) is 10.3. The molecule has 0 bridgehead atoms. The predicted molar refractivity (Wildman–Crippen MR) is 123 cm³/mol. The SMILES string of the molecule is C=C(/C=C\C(C)=C/C)C1=Cc2c(n(C3=C(C)C=CCC3)c3ccccc23)CC1. The average Bonchev–Trinajstić information content (AvgIpc) is 3.05. The number of hydrogen-bond donors (Lipinski definition) is 0. The summed E-state index contributed by atoms with van der Waals surface area (Å²) in [6, 6.07) is 8.84. The van der Waals surface area contributed by atoms with Crippen LogP contribution in [0.1, 0.15) is 51.3 Å². The number of hydrogen-bond acceptors (Lipinski definition) is 0. The van der Waals surface area contributed by atoms with Crippen LogP contribution in [-0.2, 0) is 6.42 Å². The molecule has 1 aromatic carbocycles. The van der Waals surface area contributed by atoms with Crippen LogP contribution in [0.25, 0.3) is 22.7 Å². The van der Waals surface area contributed by atoms with Gasteiger partial charge in [-0.3, -0.25) is 0 Å². The van der Waals surface area contributed by atoms with E-state index in [9.17, 15) is 0 Å². The van der Waals surface area contributed by atoms with Gasteiger partial charge in [-0.2, -0.15) is 0 Å². The number of fused-ring (bicyclic) bond motifs is 3. The molecule has 0 aliphatic heterocycles. The number of allylic oxidation sites excluding steroid dienone is 10. The second-order valence-corrected chi connectivity index (χ2v) is 7.84. The fourth-order valence-corrected chi connectivity index (χ4v) is 4.28. The van der Waals surface area contributed by atoms with E-state index in [-0.39, 0.29) is 0 Å². The van der Waals surface area contributed by atoms with E-state index in [1.54, 1.807) is 0 Å². The van der Waals surface area contributed by atoms with Crippen molar-refractivity contribution in [1.82, 2.24) is 4.57 Å². The summed E-state index contributed by atoms with van der Waals surface area (Å²) in [4.78, 5) is 0. The topological polar surface area (TPSA) is 4.93 Å². The van der Waals surface area contributed by atoms with Gasteiger partial charge >= 0.3 is 0 Å². The second kappa shape index (κ2) is 7.67. The number of nitrogens with zero attached hydrogens (tertiary/aromatic N) is 1. The zero-order valence-corrected chi connectivity index (χ0v) is 17.3. The lowest BCUT2D eigenvalue weighted by molar-refractivity contribution is 0.841. The van der Waals surface area contributed by atoms with E-state index in [2.05, 4.69) is 92.6 Å². The first-order valence-electron chi connectivity index (χ1n) is 10.3. The van der Waals surface area contributed by atoms with Crippen molar-refractivity contribution in [2.24, 2.45) is 0 Å². The van der Waals surface area contributed by atoms with Crippen LogP contribution in [-0.4, -0.2) is 4.57 Å². The van der Waals surface area contributed by atoms with Crippen molar-refractivity contribution >= 4 is 22.7 Å². The lowest BCUT2D eigenvalue weighted by Gasteiger charge is -2.22. The van der Waals surface area contributed by atoms with Crippen molar-refractivity contribution in [1.29, 1.82) is 0 Å². The van der Waals surface area contributed by atoms with Crippen LogP contribution in [0.5, 0.6) is 0 Å². The van der Waals surface area contributed by atoms with E-state index in [1.807, 2.05) is 0 Å². The minimum atomic E-state index is 1.05. The van der Waals surface area contributed by atoms with Gasteiger partial charge in [0.2, 0.25) is 0 Å². The van der Waals surface area contributed by atoms with Gasteiger partial charge in [0.1, 0.15) is 0 Å². The Hall–Kier alpha value is -2.80. The third-order valence-electron chi connectivity index (χ3n) is 6.02. The van der Waals surface area contributed by atoms with E-state index >= 15 is 0 Å². The summed E-state index contributed by atoms with van der Waals surface area (Å²) in [6.45, 7) is 10.8. The number of rotatable bonds is 4. The van der Waals surface area contributed by atoms with Gasteiger partial charge in [0.05, 0.1) is 5.52 Å². The molecule has 2 aliphatic rings. The van der Waals surface area contributed by atoms with Crippen molar-refractivity contribution in [2.75, 3.05) is 0 Å². The number of aromatic nitrogens is 1. The maximum atomic E-state index is 4.34. The third-order valence-corrected chi connectivity index (χ3v) is 6.02. The quantitative estimate of drug-likeness (QED) is 0.489. The molecular weight excluding hydrogens is 338 g/mol. The van der Waals surface area contributed by atoms with E-state index in [1.165, 1.54) is 44.6 Å². The molecular formula is C27H29N. The Morgan fingerprint density at radius 1 is 1.11 bits per heavy atom. The van der Waals surface area contributed by atoms with Crippen LogP contribution in [0.15, 0.2) is 83.5 Å². The molecule has 0 N–H and O–H groups in total. The highest BCUT2D eigenvalue weighted by atomic mass is 15.0. The van der Waals surface area contributed by atoms with E-state index in [4.69, 9.17) is 0 Å². The summed E-state index contributed by atoms with van der Waals surface area (Å²) in [5.74, 6) is 0. The number of para-hydroxylation sites is 1. The van der Waals surface area contributed by atoms with Gasteiger partial charge < -0.3 is 4.57 Å². The Balaban J connectivity index is 1.84. The van der Waals surface area contributed by atoms with Gasteiger partial charge in [-0.05, 0) is 75.3 Å². The lowest BCUT2D eigenvalue weighted by Crippen LogP contribution is -2.09. The molecule has 142 valence electrons. The molecule has 0 radical (unpaired) electrons. The summed E-state index contributed by atoms with van der Waals surface area (Å²) in [6.07, 6.45) is 17.7. The summed E-state index contributed by atoms with van der Waals surface area (Å²) < 4.78 is 2.54. The third kappa shape index (κ3) is 3.26. The first kappa shape index (κ1) is 18.6. The predicted octanol–water partition coefficient (Wildman–Crippen LogP) is 7.63. The van der Waals surface area contributed by atoms with Crippen LogP contribution < -0.4 is 0 Å². The maximum Gasteiger partial charge on any atom is 0.0534 e. The van der Waals surface area contributed by atoms with Crippen LogP contribution in [0.2, 0.25) is 0 Å². The van der Waals surface area contributed by atoms with Crippen molar-refractivity contribution in [3.8, 4) is 0 Å². The zero-order valence-electron chi connectivity index (χ0n) is 17.3. The van der Waals surface area contributed by atoms with Gasteiger partial charge in [-0.25, -0.2) is 0 Å². The second-order valence-electron chi connectivity index (χ2n) is 7.84. The highest BCUT2D eigenvalue weighted by Crippen LogP contribution is 2.39.